The fraction of sp³-hybridized carbons (Fsp3) is 0.300. The number of rotatable bonds is 5. The lowest BCUT2D eigenvalue weighted by Crippen LogP contribution is -2.30. The van der Waals surface area contributed by atoms with Crippen LogP contribution in [-0.4, -0.2) is 18.2 Å². The third kappa shape index (κ3) is 3.34. The van der Waals surface area contributed by atoms with Crippen molar-refractivity contribution in [2.75, 3.05) is 6.54 Å². The first-order chi connectivity index (χ1) is 11.2. The van der Waals surface area contributed by atoms with Gasteiger partial charge in [-0.1, -0.05) is 48.5 Å². The molecule has 23 heavy (non-hydrogen) atoms. The molecule has 1 atom stereocenters. The van der Waals surface area contributed by atoms with Crippen molar-refractivity contribution in [2.45, 2.75) is 32.1 Å². The predicted octanol–water partition coefficient (Wildman–Crippen LogP) is 3.41. The van der Waals surface area contributed by atoms with E-state index >= 15 is 0 Å². The molecule has 0 spiro atoms. The largest absolute Gasteiger partial charge is 0.356 e. The summed E-state index contributed by atoms with van der Waals surface area (Å²) in [5.74, 6) is -0.275. The van der Waals surface area contributed by atoms with E-state index in [1.807, 2.05) is 43.3 Å². The maximum Gasteiger partial charge on any atom is 0.228 e. The molecule has 1 amide bonds. The number of ketones is 1. The van der Waals surface area contributed by atoms with E-state index in [1.165, 1.54) is 5.56 Å². The number of hydrogen-bond acceptors (Lipinski definition) is 2. The molecule has 0 radical (unpaired) electrons. The van der Waals surface area contributed by atoms with Crippen molar-refractivity contribution in [3.05, 3.63) is 70.8 Å². The summed E-state index contributed by atoms with van der Waals surface area (Å²) < 4.78 is 0. The summed E-state index contributed by atoms with van der Waals surface area (Å²) in [6, 6.07) is 15.9. The number of carbonyl (C=O) groups is 2. The zero-order chi connectivity index (χ0) is 16.2. The van der Waals surface area contributed by atoms with E-state index in [-0.39, 0.29) is 17.6 Å². The van der Waals surface area contributed by atoms with Gasteiger partial charge in [0.25, 0.3) is 0 Å². The van der Waals surface area contributed by atoms with E-state index in [1.54, 1.807) is 0 Å². The third-order valence-corrected chi connectivity index (χ3v) is 4.46. The minimum absolute atomic E-state index is 0.0283. The lowest BCUT2D eigenvalue weighted by atomic mass is 9.96. The van der Waals surface area contributed by atoms with Gasteiger partial charge in [-0.3, -0.25) is 9.59 Å². The molecule has 0 fully saturated rings. The first-order valence-electron chi connectivity index (χ1n) is 8.11. The molecule has 0 aromatic heterocycles. The maximum atomic E-state index is 12.5. The number of fused-ring (bicyclic) bond motifs is 1. The fourth-order valence-corrected chi connectivity index (χ4v) is 3.28. The van der Waals surface area contributed by atoms with E-state index in [2.05, 4.69) is 17.4 Å². The Labute approximate surface area is 136 Å². The van der Waals surface area contributed by atoms with Gasteiger partial charge in [0.05, 0.1) is 5.92 Å². The Hall–Kier alpha value is -2.42. The Morgan fingerprint density at radius 3 is 2.70 bits per heavy atom. The van der Waals surface area contributed by atoms with Crippen molar-refractivity contribution in [2.24, 2.45) is 0 Å². The summed E-state index contributed by atoms with van der Waals surface area (Å²) in [7, 11) is 0. The Balaban J connectivity index is 1.57. The van der Waals surface area contributed by atoms with Crippen LogP contribution in [0.1, 0.15) is 45.8 Å². The maximum absolute atomic E-state index is 12.5. The molecule has 1 N–H and O–H groups in total. The van der Waals surface area contributed by atoms with Gasteiger partial charge in [-0.05, 0) is 36.5 Å². The Kier molecular flexibility index (Phi) is 4.56. The predicted molar refractivity (Wildman–Crippen MR) is 90.6 cm³/mol. The topological polar surface area (TPSA) is 46.2 Å². The van der Waals surface area contributed by atoms with Crippen LogP contribution in [0.4, 0.5) is 0 Å². The smallest absolute Gasteiger partial charge is 0.228 e. The van der Waals surface area contributed by atoms with Crippen LogP contribution >= 0.6 is 0 Å². The minimum atomic E-state index is -0.324. The van der Waals surface area contributed by atoms with Crippen LogP contribution in [0.15, 0.2) is 48.5 Å². The molecular weight excluding hydrogens is 286 g/mol. The molecule has 0 saturated carbocycles. The van der Waals surface area contributed by atoms with Crippen molar-refractivity contribution in [1.82, 2.24) is 5.32 Å². The van der Waals surface area contributed by atoms with Crippen molar-refractivity contribution >= 4 is 11.7 Å². The second-order valence-electron chi connectivity index (χ2n) is 6.10. The number of Topliss-reactive ketones (excluding diaryl/α,β-unsaturated/α-hetero) is 1. The second-order valence-corrected chi connectivity index (χ2v) is 6.10. The SMILES string of the molecule is Cc1cccc2c1C(C(=O)NCCCc1ccccc1)CC2=O. The highest BCUT2D eigenvalue weighted by molar-refractivity contribution is 6.07. The monoisotopic (exact) mass is 307 g/mol. The van der Waals surface area contributed by atoms with Gasteiger partial charge in [0.2, 0.25) is 5.91 Å². The van der Waals surface area contributed by atoms with E-state index in [0.29, 0.717) is 13.0 Å². The number of aryl methyl sites for hydroxylation is 2. The van der Waals surface area contributed by atoms with E-state index < -0.39 is 0 Å². The van der Waals surface area contributed by atoms with Crippen LogP contribution in [0.3, 0.4) is 0 Å². The Morgan fingerprint density at radius 1 is 1.13 bits per heavy atom. The van der Waals surface area contributed by atoms with Crippen LogP contribution in [-0.2, 0) is 11.2 Å². The zero-order valence-corrected chi connectivity index (χ0v) is 13.3. The molecule has 1 aliphatic rings. The minimum Gasteiger partial charge on any atom is -0.356 e. The molecule has 0 heterocycles. The highest BCUT2D eigenvalue weighted by Crippen LogP contribution is 2.35. The number of benzene rings is 2. The summed E-state index contributed by atoms with van der Waals surface area (Å²) in [5.41, 5.74) is 3.93. The molecule has 1 unspecified atom stereocenters. The lowest BCUT2D eigenvalue weighted by molar-refractivity contribution is -0.122. The fourth-order valence-electron chi connectivity index (χ4n) is 3.28. The highest BCUT2D eigenvalue weighted by Gasteiger charge is 2.34. The summed E-state index contributed by atoms with van der Waals surface area (Å²) >= 11 is 0. The van der Waals surface area contributed by atoms with Crippen LogP contribution < -0.4 is 5.32 Å². The van der Waals surface area contributed by atoms with Crippen LogP contribution in [0, 0.1) is 6.92 Å². The van der Waals surface area contributed by atoms with Gasteiger partial charge in [-0.15, -0.1) is 0 Å². The van der Waals surface area contributed by atoms with E-state index in [9.17, 15) is 9.59 Å². The standard InChI is InChI=1S/C20H21NO2/c1-14-7-5-11-16-18(22)13-17(19(14)16)20(23)21-12-6-10-15-8-3-2-4-9-15/h2-5,7-9,11,17H,6,10,12-13H2,1H3,(H,21,23). The Morgan fingerprint density at radius 2 is 1.91 bits per heavy atom. The highest BCUT2D eigenvalue weighted by atomic mass is 16.2. The molecular formula is C20H21NO2. The van der Waals surface area contributed by atoms with Crippen molar-refractivity contribution in [3.8, 4) is 0 Å². The Bertz CT molecular complexity index is 722. The van der Waals surface area contributed by atoms with E-state index in [0.717, 1.165) is 29.5 Å². The number of carbonyl (C=O) groups excluding carboxylic acids is 2. The van der Waals surface area contributed by atoms with Gasteiger partial charge in [0.1, 0.15) is 0 Å². The van der Waals surface area contributed by atoms with E-state index in [4.69, 9.17) is 0 Å². The molecule has 3 rings (SSSR count). The average molecular weight is 307 g/mol. The van der Waals surface area contributed by atoms with Gasteiger partial charge >= 0.3 is 0 Å². The van der Waals surface area contributed by atoms with Crippen molar-refractivity contribution < 1.29 is 9.59 Å². The van der Waals surface area contributed by atoms with Crippen molar-refractivity contribution in [1.29, 1.82) is 0 Å². The molecule has 3 heteroatoms. The summed E-state index contributed by atoms with van der Waals surface area (Å²) in [6.07, 6.45) is 2.14. The zero-order valence-electron chi connectivity index (χ0n) is 13.3. The van der Waals surface area contributed by atoms with Crippen molar-refractivity contribution in [3.63, 3.8) is 0 Å². The van der Waals surface area contributed by atoms with Crippen LogP contribution in [0.25, 0.3) is 0 Å². The first kappa shape index (κ1) is 15.5. The second kappa shape index (κ2) is 6.78. The van der Waals surface area contributed by atoms with Gasteiger partial charge in [0, 0.05) is 18.5 Å². The molecule has 0 saturated heterocycles. The van der Waals surface area contributed by atoms with Gasteiger partial charge < -0.3 is 5.32 Å². The molecule has 1 aliphatic carbocycles. The number of hydrogen-bond donors (Lipinski definition) is 1. The third-order valence-electron chi connectivity index (χ3n) is 4.46. The number of nitrogens with one attached hydrogen (secondary N) is 1. The molecule has 2 aromatic rings. The quantitative estimate of drug-likeness (QED) is 0.860. The van der Waals surface area contributed by atoms with Gasteiger partial charge in [-0.25, -0.2) is 0 Å². The molecule has 118 valence electrons. The normalized spacial score (nSPS) is 16.2. The van der Waals surface area contributed by atoms with Crippen LogP contribution in [0.5, 0.6) is 0 Å². The summed E-state index contributed by atoms with van der Waals surface area (Å²) in [6.45, 7) is 2.60. The molecule has 0 aliphatic heterocycles. The first-order valence-corrected chi connectivity index (χ1v) is 8.11. The number of amides is 1. The summed E-state index contributed by atoms with van der Waals surface area (Å²) in [4.78, 5) is 24.5. The summed E-state index contributed by atoms with van der Waals surface area (Å²) in [5, 5.41) is 2.99. The molecule has 0 bridgehead atoms. The van der Waals surface area contributed by atoms with Gasteiger partial charge in [-0.2, -0.15) is 0 Å². The molecule has 2 aromatic carbocycles. The average Bonchev–Trinajstić information content (AvgIpc) is 2.91. The lowest BCUT2D eigenvalue weighted by Gasteiger charge is -2.13. The molecule has 3 nitrogen and oxygen atoms in total. The van der Waals surface area contributed by atoms with Gasteiger partial charge in [0.15, 0.2) is 5.78 Å². The van der Waals surface area contributed by atoms with Crippen LogP contribution in [0.2, 0.25) is 0 Å².